The standard InChI is InChI=1S/C21H19N5O4/c1-29-16-8-15(9-17(10-16)30-2)23-20(27)12-25-21(28)19-11-18(24-26(19)13-22-25)14-6-4-3-5-7-14/h3-11,13H,12H2,1-2H3,(H,23,27). The summed E-state index contributed by atoms with van der Waals surface area (Å²) >= 11 is 0. The van der Waals surface area contributed by atoms with E-state index in [1.165, 1.54) is 25.1 Å². The molecule has 0 aliphatic rings. The van der Waals surface area contributed by atoms with Crippen LogP contribution in [-0.2, 0) is 11.3 Å². The lowest BCUT2D eigenvalue weighted by Gasteiger charge is -2.10. The Morgan fingerprint density at radius 2 is 1.73 bits per heavy atom. The first kappa shape index (κ1) is 19.2. The van der Waals surface area contributed by atoms with E-state index >= 15 is 0 Å². The molecule has 1 amide bonds. The van der Waals surface area contributed by atoms with Crippen LogP contribution in [0.15, 0.2) is 65.7 Å². The number of methoxy groups -OCH3 is 2. The average Bonchev–Trinajstić information content (AvgIpc) is 3.21. The number of carbonyl (C=O) groups excluding carboxylic acids is 1. The molecule has 4 aromatic rings. The predicted octanol–water partition coefficient (Wildman–Crippen LogP) is 2.21. The Morgan fingerprint density at radius 1 is 1.03 bits per heavy atom. The maximum absolute atomic E-state index is 12.8. The van der Waals surface area contributed by atoms with E-state index in [1.54, 1.807) is 24.3 Å². The molecule has 0 unspecified atom stereocenters. The summed E-state index contributed by atoms with van der Waals surface area (Å²) in [6, 6.07) is 16.2. The highest BCUT2D eigenvalue weighted by Gasteiger charge is 2.13. The van der Waals surface area contributed by atoms with Gasteiger partial charge >= 0.3 is 0 Å². The van der Waals surface area contributed by atoms with Crippen LogP contribution in [0, 0.1) is 0 Å². The van der Waals surface area contributed by atoms with Crippen molar-refractivity contribution in [2.75, 3.05) is 19.5 Å². The minimum Gasteiger partial charge on any atom is -0.497 e. The van der Waals surface area contributed by atoms with Crippen molar-refractivity contribution in [2.45, 2.75) is 6.54 Å². The minimum atomic E-state index is -0.412. The Hall–Kier alpha value is -4.14. The van der Waals surface area contributed by atoms with Crippen molar-refractivity contribution in [1.82, 2.24) is 19.4 Å². The van der Waals surface area contributed by atoms with Crippen molar-refractivity contribution in [3.8, 4) is 22.8 Å². The van der Waals surface area contributed by atoms with Gasteiger partial charge in [0, 0.05) is 29.4 Å². The van der Waals surface area contributed by atoms with E-state index in [9.17, 15) is 9.59 Å². The number of anilines is 1. The Balaban J connectivity index is 1.57. The number of nitrogens with zero attached hydrogens (tertiary/aromatic N) is 4. The van der Waals surface area contributed by atoms with Crippen molar-refractivity contribution in [3.63, 3.8) is 0 Å². The van der Waals surface area contributed by atoms with Gasteiger partial charge < -0.3 is 14.8 Å². The minimum absolute atomic E-state index is 0.249. The van der Waals surface area contributed by atoms with Gasteiger partial charge in [-0.1, -0.05) is 30.3 Å². The van der Waals surface area contributed by atoms with E-state index in [0.29, 0.717) is 28.4 Å². The number of benzene rings is 2. The van der Waals surface area contributed by atoms with Gasteiger partial charge in [0.05, 0.1) is 19.9 Å². The SMILES string of the molecule is COc1cc(NC(=O)Cn2ncn3nc(-c4ccccc4)cc3c2=O)cc(OC)c1. The van der Waals surface area contributed by atoms with E-state index in [4.69, 9.17) is 9.47 Å². The van der Waals surface area contributed by atoms with Gasteiger partial charge in [0.15, 0.2) is 0 Å². The molecule has 2 aromatic heterocycles. The first-order chi connectivity index (χ1) is 14.6. The number of fused-ring (bicyclic) bond motifs is 1. The molecule has 0 atom stereocenters. The van der Waals surface area contributed by atoms with Crippen LogP contribution < -0.4 is 20.3 Å². The molecular formula is C21H19N5O4. The van der Waals surface area contributed by atoms with Crippen LogP contribution in [0.25, 0.3) is 16.8 Å². The molecule has 0 aliphatic heterocycles. The summed E-state index contributed by atoms with van der Waals surface area (Å²) in [5, 5.41) is 11.2. The fourth-order valence-corrected chi connectivity index (χ4v) is 3.02. The fourth-order valence-electron chi connectivity index (χ4n) is 3.02. The zero-order valence-corrected chi connectivity index (χ0v) is 16.4. The second kappa shape index (κ2) is 8.08. The molecule has 0 fully saturated rings. The van der Waals surface area contributed by atoms with Gasteiger partial charge in [0.1, 0.15) is 29.9 Å². The van der Waals surface area contributed by atoms with Crippen LogP contribution in [0.1, 0.15) is 0 Å². The summed E-state index contributed by atoms with van der Waals surface area (Å²) in [7, 11) is 3.04. The number of aromatic nitrogens is 4. The Kier molecular flexibility index (Phi) is 5.17. The van der Waals surface area contributed by atoms with Crippen molar-refractivity contribution in [2.24, 2.45) is 0 Å². The normalized spacial score (nSPS) is 10.7. The lowest BCUT2D eigenvalue weighted by molar-refractivity contribution is -0.117. The van der Waals surface area contributed by atoms with Gasteiger partial charge in [0.25, 0.3) is 5.56 Å². The molecular weight excluding hydrogens is 386 g/mol. The van der Waals surface area contributed by atoms with Gasteiger partial charge in [-0.2, -0.15) is 10.2 Å². The average molecular weight is 405 g/mol. The van der Waals surface area contributed by atoms with Crippen LogP contribution in [0.3, 0.4) is 0 Å². The Morgan fingerprint density at radius 3 is 2.40 bits per heavy atom. The molecule has 0 saturated heterocycles. The number of carbonyl (C=O) groups is 1. The molecule has 2 heterocycles. The number of ether oxygens (including phenoxy) is 2. The number of rotatable bonds is 6. The van der Waals surface area contributed by atoms with E-state index in [2.05, 4.69) is 15.5 Å². The smallest absolute Gasteiger partial charge is 0.293 e. The lowest BCUT2D eigenvalue weighted by atomic mass is 10.1. The maximum Gasteiger partial charge on any atom is 0.293 e. The highest BCUT2D eigenvalue weighted by atomic mass is 16.5. The number of hydrogen-bond acceptors (Lipinski definition) is 6. The molecule has 0 saturated carbocycles. The van der Waals surface area contributed by atoms with Gasteiger partial charge in [-0.25, -0.2) is 9.20 Å². The zero-order valence-electron chi connectivity index (χ0n) is 16.4. The highest BCUT2D eigenvalue weighted by molar-refractivity contribution is 5.91. The van der Waals surface area contributed by atoms with Gasteiger partial charge in [0.2, 0.25) is 5.91 Å². The first-order valence-corrected chi connectivity index (χ1v) is 9.11. The summed E-state index contributed by atoms with van der Waals surface area (Å²) in [5.74, 6) is 0.662. The molecule has 0 aliphatic carbocycles. The molecule has 9 nitrogen and oxygen atoms in total. The Labute approximate surface area is 171 Å². The second-order valence-corrected chi connectivity index (χ2v) is 6.47. The zero-order chi connectivity index (χ0) is 21.1. The predicted molar refractivity (Wildman–Crippen MR) is 111 cm³/mol. The van der Waals surface area contributed by atoms with Crippen LogP contribution in [0.2, 0.25) is 0 Å². The molecule has 0 bridgehead atoms. The molecule has 152 valence electrons. The maximum atomic E-state index is 12.8. The van der Waals surface area contributed by atoms with Crippen LogP contribution in [-0.4, -0.2) is 39.5 Å². The van der Waals surface area contributed by atoms with E-state index in [0.717, 1.165) is 10.2 Å². The molecule has 1 N–H and O–H groups in total. The summed E-state index contributed by atoms with van der Waals surface area (Å²) in [6.07, 6.45) is 1.41. The quantitative estimate of drug-likeness (QED) is 0.528. The second-order valence-electron chi connectivity index (χ2n) is 6.47. The summed E-state index contributed by atoms with van der Waals surface area (Å²) in [5.41, 5.74) is 1.95. The third-order valence-electron chi connectivity index (χ3n) is 4.49. The third-order valence-corrected chi connectivity index (χ3v) is 4.49. The molecule has 0 spiro atoms. The topological polar surface area (TPSA) is 99.8 Å². The van der Waals surface area contributed by atoms with Gasteiger partial charge in [-0.3, -0.25) is 9.59 Å². The van der Waals surface area contributed by atoms with E-state index in [-0.39, 0.29) is 6.54 Å². The number of nitrogens with one attached hydrogen (secondary N) is 1. The van der Waals surface area contributed by atoms with Gasteiger partial charge in [-0.15, -0.1) is 0 Å². The van der Waals surface area contributed by atoms with Gasteiger partial charge in [-0.05, 0) is 6.07 Å². The fraction of sp³-hybridized carbons (Fsp3) is 0.143. The first-order valence-electron chi connectivity index (χ1n) is 9.11. The Bertz CT molecular complexity index is 1240. The van der Waals surface area contributed by atoms with Crippen molar-refractivity contribution >= 4 is 17.1 Å². The van der Waals surface area contributed by atoms with E-state index in [1.807, 2.05) is 30.3 Å². The third kappa shape index (κ3) is 3.86. The molecule has 30 heavy (non-hydrogen) atoms. The molecule has 9 heteroatoms. The molecule has 4 rings (SSSR count). The largest absolute Gasteiger partial charge is 0.497 e. The summed E-state index contributed by atoms with van der Waals surface area (Å²) in [4.78, 5) is 25.3. The van der Waals surface area contributed by atoms with Crippen molar-refractivity contribution in [1.29, 1.82) is 0 Å². The lowest BCUT2D eigenvalue weighted by Crippen LogP contribution is -2.30. The van der Waals surface area contributed by atoms with Crippen LogP contribution in [0.4, 0.5) is 5.69 Å². The van der Waals surface area contributed by atoms with Crippen LogP contribution >= 0.6 is 0 Å². The van der Waals surface area contributed by atoms with Crippen molar-refractivity contribution in [3.05, 3.63) is 71.3 Å². The monoisotopic (exact) mass is 405 g/mol. The summed E-state index contributed by atoms with van der Waals surface area (Å²) < 4.78 is 12.9. The summed E-state index contributed by atoms with van der Waals surface area (Å²) in [6.45, 7) is -0.249. The highest BCUT2D eigenvalue weighted by Crippen LogP contribution is 2.25. The van der Waals surface area contributed by atoms with Crippen LogP contribution in [0.5, 0.6) is 11.5 Å². The number of hydrogen-bond donors (Lipinski definition) is 1. The number of amides is 1. The van der Waals surface area contributed by atoms with E-state index < -0.39 is 11.5 Å². The molecule has 0 radical (unpaired) electrons. The molecule has 2 aromatic carbocycles. The van der Waals surface area contributed by atoms with Crippen molar-refractivity contribution < 1.29 is 14.3 Å².